The summed E-state index contributed by atoms with van der Waals surface area (Å²) in [6.07, 6.45) is 2.34. The minimum absolute atomic E-state index is 0.0868. The zero-order chi connectivity index (χ0) is 28.6. The average molecular weight is 548 g/mol. The van der Waals surface area contributed by atoms with E-state index in [0.29, 0.717) is 29.9 Å². The largest absolute Gasteiger partial charge is 0.495 e. The number of carbonyl (C=O) groups is 1. The van der Waals surface area contributed by atoms with Crippen molar-refractivity contribution in [2.45, 2.75) is 51.9 Å². The van der Waals surface area contributed by atoms with E-state index in [2.05, 4.69) is 59.4 Å². The Morgan fingerprint density at radius 1 is 1.15 bits per heavy atom. The van der Waals surface area contributed by atoms with Crippen LogP contribution < -0.4 is 15.4 Å². The summed E-state index contributed by atoms with van der Waals surface area (Å²) in [6, 6.07) is 14.9. The maximum absolute atomic E-state index is 13.4. The Labute approximate surface area is 237 Å². The van der Waals surface area contributed by atoms with Gasteiger partial charge in [-0.25, -0.2) is 4.39 Å². The van der Waals surface area contributed by atoms with Crippen LogP contribution in [0.1, 0.15) is 48.3 Å². The summed E-state index contributed by atoms with van der Waals surface area (Å²) >= 11 is 0. The molecule has 1 aromatic heterocycles. The first kappa shape index (κ1) is 29.4. The molecule has 2 N–H and O–H groups in total. The fourth-order valence-electron chi connectivity index (χ4n) is 5.24. The molecule has 0 radical (unpaired) electrons. The third kappa shape index (κ3) is 7.15. The first-order chi connectivity index (χ1) is 19.3. The van der Waals surface area contributed by atoms with Gasteiger partial charge in [0.05, 0.1) is 31.6 Å². The van der Waals surface area contributed by atoms with Gasteiger partial charge in [0.15, 0.2) is 0 Å². The average Bonchev–Trinajstić information content (AvgIpc) is 3.30. The Morgan fingerprint density at radius 2 is 1.93 bits per heavy atom. The molecule has 1 aliphatic rings. The van der Waals surface area contributed by atoms with Crippen molar-refractivity contribution in [3.05, 3.63) is 59.3 Å². The maximum atomic E-state index is 13.4. The number of piperidine rings is 1. The van der Waals surface area contributed by atoms with Crippen molar-refractivity contribution in [3.8, 4) is 17.6 Å². The van der Waals surface area contributed by atoms with Crippen molar-refractivity contribution >= 4 is 22.5 Å². The Kier molecular flexibility index (Phi) is 10.1. The zero-order valence-electron chi connectivity index (χ0n) is 24.4. The minimum Gasteiger partial charge on any atom is -0.495 e. The van der Waals surface area contributed by atoms with E-state index in [1.54, 1.807) is 33.3 Å². The van der Waals surface area contributed by atoms with Crippen LogP contribution in [-0.4, -0.2) is 79.9 Å². The van der Waals surface area contributed by atoms with Gasteiger partial charge in [0.2, 0.25) is 0 Å². The lowest BCUT2D eigenvalue weighted by atomic mass is 10.0. The summed E-state index contributed by atoms with van der Waals surface area (Å²) in [4.78, 5) is 16.3. The van der Waals surface area contributed by atoms with Gasteiger partial charge in [-0.05, 0) is 87.7 Å². The van der Waals surface area contributed by atoms with Crippen LogP contribution in [0.4, 0.5) is 10.1 Å². The molecule has 0 spiro atoms. The molecule has 1 amide bonds. The number of nitrogens with zero attached hydrogens (tertiary/aromatic N) is 3. The fourth-order valence-corrected chi connectivity index (χ4v) is 5.24. The molecule has 8 heteroatoms. The zero-order valence-corrected chi connectivity index (χ0v) is 24.4. The predicted octanol–water partition coefficient (Wildman–Crippen LogP) is 4.75. The molecule has 2 heterocycles. The van der Waals surface area contributed by atoms with Crippen LogP contribution in [-0.2, 0) is 13.1 Å². The molecule has 0 atom stereocenters. The number of carbonyl (C=O) groups excluding carboxylic acids is 1. The first-order valence-corrected chi connectivity index (χ1v) is 14.1. The van der Waals surface area contributed by atoms with Crippen LogP contribution >= 0.6 is 0 Å². The third-order valence-corrected chi connectivity index (χ3v) is 7.57. The van der Waals surface area contributed by atoms with Gasteiger partial charge < -0.3 is 29.7 Å². The number of aryl methyl sites for hydroxylation is 1. The molecule has 0 aliphatic carbocycles. The number of methoxy groups -OCH3 is 1. The Bertz CT molecular complexity index is 1360. The van der Waals surface area contributed by atoms with E-state index in [9.17, 15) is 9.18 Å². The van der Waals surface area contributed by atoms with E-state index in [4.69, 9.17) is 4.74 Å². The number of fused-ring (bicyclic) bond motifs is 1. The van der Waals surface area contributed by atoms with Gasteiger partial charge in [-0.15, -0.1) is 0 Å². The van der Waals surface area contributed by atoms with Crippen LogP contribution in [0.2, 0.25) is 0 Å². The highest BCUT2D eigenvalue weighted by atomic mass is 19.1. The topological polar surface area (TPSA) is 61.8 Å². The van der Waals surface area contributed by atoms with Crippen LogP contribution in [0.5, 0.6) is 5.75 Å². The highest BCUT2D eigenvalue weighted by Crippen LogP contribution is 2.26. The maximum Gasteiger partial charge on any atom is 0.253 e. The smallest absolute Gasteiger partial charge is 0.253 e. The number of halogens is 1. The second kappa shape index (κ2) is 13.7. The summed E-state index contributed by atoms with van der Waals surface area (Å²) in [7, 11) is 5.01. The van der Waals surface area contributed by atoms with E-state index in [0.717, 1.165) is 41.9 Å². The number of anilines is 1. The molecule has 40 heavy (non-hydrogen) atoms. The van der Waals surface area contributed by atoms with Crippen molar-refractivity contribution in [2.75, 3.05) is 52.8 Å². The second-order valence-electron chi connectivity index (χ2n) is 10.8. The standard InChI is InChI=1S/C32H42FN5O2/c1-23(2)37-16-12-27(13-17-37)35-22-24-8-11-30-26(19-24)20-28(38(30)18-14-33)7-6-15-34-29-10-9-25(21-31(29)40-5)32(39)36(3)4/h8-11,19-21,23,27,34-35H,12-18,22H2,1-5H3. The number of alkyl halides is 1. The van der Waals surface area contributed by atoms with Crippen LogP contribution in [0.15, 0.2) is 42.5 Å². The summed E-state index contributed by atoms with van der Waals surface area (Å²) in [6.45, 7) is 7.82. The number of benzene rings is 2. The third-order valence-electron chi connectivity index (χ3n) is 7.57. The van der Waals surface area contributed by atoms with Gasteiger partial charge in [-0.3, -0.25) is 4.79 Å². The quantitative estimate of drug-likeness (QED) is 0.359. The van der Waals surface area contributed by atoms with Gasteiger partial charge in [-0.1, -0.05) is 12.0 Å². The van der Waals surface area contributed by atoms with E-state index in [1.165, 1.54) is 23.3 Å². The number of ether oxygens (including phenoxy) is 1. The lowest BCUT2D eigenvalue weighted by Crippen LogP contribution is -2.44. The highest BCUT2D eigenvalue weighted by Gasteiger charge is 2.20. The SMILES string of the molecule is COc1cc(C(=O)N(C)C)ccc1NCC#Cc1cc2cc(CNC3CCN(C(C)C)CC3)ccc2n1CCF. The highest BCUT2D eigenvalue weighted by molar-refractivity contribution is 5.95. The molecule has 2 aromatic carbocycles. The van der Waals surface area contributed by atoms with Gasteiger partial charge in [0, 0.05) is 49.2 Å². The molecule has 1 saturated heterocycles. The molecule has 0 saturated carbocycles. The molecule has 214 valence electrons. The normalized spacial score (nSPS) is 14.3. The molecule has 0 unspecified atom stereocenters. The predicted molar refractivity (Wildman–Crippen MR) is 161 cm³/mol. The van der Waals surface area contributed by atoms with Crippen molar-refractivity contribution < 1.29 is 13.9 Å². The van der Waals surface area contributed by atoms with Crippen LogP contribution in [0.3, 0.4) is 0 Å². The summed E-state index contributed by atoms with van der Waals surface area (Å²) < 4.78 is 20.9. The van der Waals surface area contributed by atoms with E-state index in [1.807, 2.05) is 16.7 Å². The van der Waals surface area contributed by atoms with Gasteiger partial charge >= 0.3 is 0 Å². The second-order valence-corrected chi connectivity index (χ2v) is 10.8. The van der Waals surface area contributed by atoms with Crippen molar-refractivity contribution in [2.24, 2.45) is 0 Å². The molecule has 3 aromatic rings. The van der Waals surface area contributed by atoms with Crippen molar-refractivity contribution in [1.29, 1.82) is 0 Å². The fraction of sp³-hybridized carbons (Fsp3) is 0.469. The summed E-state index contributed by atoms with van der Waals surface area (Å²) in [5.41, 5.74) is 4.32. The first-order valence-electron chi connectivity index (χ1n) is 14.1. The molecular weight excluding hydrogens is 505 g/mol. The Hall–Kier alpha value is -3.54. The summed E-state index contributed by atoms with van der Waals surface area (Å²) in [5, 5.41) is 8.06. The number of hydrogen-bond acceptors (Lipinski definition) is 5. The number of amides is 1. The minimum atomic E-state index is -0.454. The van der Waals surface area contributed by atoms with Gasteiger partial charge in [0.1, 0.15) is 12.4 Å². The lowest BCUT2D eigenvalue weighted by Gasteiger charge is -2.35. The number of hydrogen-bond donors (Lipinski definition) is 2. The lowest BCUT2D eigenvalue weighted by molar-refractivity contribution is 0.0827. The molecule has 4 rings (SSSR count). The van der Waals surface area contributed by atoms with E-state index >= 15 is 0 Å². The van der Waals surface area contributed by atoms with E-state index in [-0.39, 0.29) is 12.5 Å². The molecule has 1 fully saturated rings. The number of rotatable bonds is 10. The number of likely N-dealkylation sites (tertiary alicyclic amines) is 1. The number of nitrogens with one attached hydrogen (secondary N) is 2. The van der Waals surface area contributed by atoms with E-state index < -0.39 is 6.67 Å². The summed E-state index contributed by atoms with van der Waals surface area (Å²) in [5.74, 6) is 6.87. The van der Waals surface area contributed by atoms with Crippen molar-refractivity contribution in [3.63, 3.8) is 0 Å². The molecule has 1 aliphatic heterocycles. The van der Waals surface area contributed by atoms with Crippen LogP contribution in [0.25, 0.3) is 10.9 Å². The van der Waals surface area contributed by atoms with Gasteiger partial charge in [0.25, 0.3) is 5.91 Å². The Morgan fingerprint density at radius 3 is 2.60 bits per heavy atom. The van der Waals surface area contributed by atoms with Crippen molar-refractivity contribution in [1.82, 2.24) is 19.7 Å². The molecular formula is C32H42FN5O2. The molecule has 0 bridgehead atoms. The Balaban J connectivity index is 1.42. The molecule has 7 nitrogen and oxygen atoms in total. The van der Waals surface area contributed by atoms with Gasteiger partial charge in [-0.2, -0.15) is 0 Å². The van der Waals surface area contributed by atoms with Crippen LogP contribution in [0, 0.1) is 11.8 Å². The monoisotopic (exact) mass is 547 g/mol. The number of aromatic nitrogens is 1.